The number of hydrogen-bond acceptors (Lipinski definition) is 6. The number of aryl methyl sites for hydroxylation is 1. The van der Waals surface area contributed by atoms with Crippen molar-refractivity contribution in [1.82, 2.24) is 19.8 Å². The molecule has 0 fully saturated rings. The Balaban J connectivity index is 1.64. The lowest BCUT2D eigenvalue weighted by Crippen LogP contribution is -2.30. The highest BCUT2D eigenvalue weighted by Gasteiger charge is 2.26. The number of ether oxygens (including phenoxy) is 1. The molecule has 5 aromatic rings. The Morgan fingerprint density at radius 2 is 1.50 bits per heavy atom. The molecule has 9 heteroatoms. The van der Waals surface area contributed by atoms with Crippen molar-refractivity contribution in [3.05, 3.63) is 120 Å². The van der Waals surface area contributed by atoms with E-state index in [0.717, 1.165) is 5.56 Å². The lowest BCUT2D eigenvalue weighted by Gasteiger charge is -2.22. The minimum absolute atomic E-state index is 0.107. The lowest BCUT2D eigenvalue weighted by molar-refractivity contribution is 0.188. The second-order valence-electron chi connectivity index (χ2n) is 8.08. The van der Waals surface area contributed by atoms with Gasteiger partial charge >= 0.3 is 0 Å². The van der Waals surface area contributed by atoms with Crippen LogP contribution in [0.3, 0.4) is 0 Å². The number of benzene rings is 4. The molecule has 0 saturated carbocycles. The highest BCUT2D eigenvalue weighted by Crippen LogP contribution is 2.25. The van der Waals surface area contributed by atoms with Crippen molar-refractivity contribution >= 4 is 26.8 Å². The Labute approximate surface area is 208 Å². The molecule has 0 aliphatic carbocycles. The van der Waals surface area contributed by atoms with Gasteiger partial charge in [0.25, 0.3) is 10.0 Å². The predicted molar refractivity (Wildman–Crippen MR) is 138 cm³/mol. The summed E-state index contributed by atoms with van der Waals surface area (Å²) in [7, 11) is -3.94. The lowest BCUT2D eigenvalue weighted by atomic mass is 10.1. The maximum absolute atomic E-state index is 13.1. The average molecular weight is 498 g/mol. The van der Waals surface area contributed by atoms with E-state index in [1.165, 1.54) is 12.1 Å². The number of nitrogens with one attached hydrogen (secondary N) is 1. The molecule has 0 spiro atoms. The van der Waals surface area contributed by atoms with Crippen LogP contribution in [0.25, 0.3) is 11.0 Å². The minimum Gasteiger partial charge on any atom is -0.463 e. The van der Waals surface area contributed by atoms with E-state index in [-0.39, 0.29) is 4.90 Å². The standard InChI is InChI=1S/C27H23N5O3S/c1-20-16-18-23(19-17-20)36(33,34)31-29-26(21-10-4-2-5-11-21)27(35-22-12-6-3-7-13-22)32-25-15-9-8-14-24(25)28-30-32/h2-19,27,31H,1H3. The molecule has 1 heterocycles. The van der Waals surface area contributed by atoms with Gasteiger partial charge in [0.05, 0.1) is 10.4 Å². The molecule has 0 saturated heterocycles. The van der Waals surface area contributed by atoms with Crippen LogP contribution in [0.1, 0.15) is 17.4 Å². The van der Waals surface area contributed by atoms with Crippen molar-refractivity contribution < 1.29 is 13.2 Å². The fourth-order valence-corrected chi connectivity index (χ4v) is 4.48. The van der Waals surface area contributed by atoms with Crippen LogP contribution in [0.4, 0.5) is 0 Å². The molecule has 8 nitrogen and oxygen atoms in total. The molecule has 0 aliphatic rings. The SMILES string of the molecule is Cc1ccc(S(=O)(=O)NN=C(c2ccccc2)C(Oc2ccccc2)n2nnc3ccccc32)cc1. The average Bonchev–Trinajstić information content (AvgIpc) is 3.33. The van der Waals surface area contributed by atoms with Crippen LogP contribution in [0.2, 0.25) is 0 Å². The molecule has 1 unspecified atom stereocenters. The zero-order valence-corrected chi connectivity index (χ0v) is 20.2. The van der Waals surface area contributed by atoms with Crippen LogP contribution in [-0.4, -0.2) is 29.1 Å². The van der Waals surface area contributed by atoms with Gasteiger partial charge in [0, 0.05) is 5.56 Å². The third-order valence-electron chi connectivity index (χ3n) is 5.51. The Bertz CT molecular complexity index is 1600. The van der Waals surface area contributed by atoms with Gasteiger partial charge in [-0.25, -0.2) is 0 Å². The second-order valence-corrected chi connectivity index (χ2v) is 9.74. The van der Waals surface area contributed by atoms with Gasteiger partial charge < -0.3 is 4.74 Å². The normalized spacial score (nSPS) is 12.9. The first kappa shape index (κ1) is 23.3. The first-order valence-electron chi connectivity index (χ1n) is 11.2. The summed E-state index contributed by atoms with van der Waals surface area (Å²) in [6.45, 7) is 1.89. The Hall–Kier alpha value is -4.50. The number of hydrogen-bond donors (Lipinski definition) is 1. The quantitative estimate of drug-likeness (QED) is 0.248. The second kappa shape index (κ2) is 10.0. The molecule has 0 aliphatic heterocycles. The van der Waals surface area contributed by atoms with Crippen LogP contribution >= 0.6 is 0 Å². The van der Waals surface area contributed by atoms with Crippen LogP contribution in [0.5, 0.6) is 5.75 Å². The van der Waals surface area contributed by atoms with Gasteiger partial charge in [0.1, 0.15) is 17.0 Å². The van der Waals surface area contributed by atoms with E-state index in [1.54, 1.807) is 16.8 Å². The first-order chi connectivity index (χ1) is 17.5. The molecule has 1 N–H and O–H groups in total. The zero-order chi connectivity index (χ0) is 25.0. The summed E-state index contributed by atoms with van der Waals surface area (Å²) in [5.74, 6) is 0.562. The van der Waals surface area contributed by atoms with Gasteiger partial charge in [0.2, 0.25) is 6.23 Å². The van der Waals surface area contributed by atoms with Crippen LogP contribution in [0.15, 0.2) is 119 Å². The number of para-hydroxylation sites is 2. The molecule has 4 aromatic carbocycles. The molecule has 5 rings (SSSR count). The number of aromatic nitrogens is 3. The first-order valence-corrected chi connectivity index (χ1v) is 12.7. The van der Waals surface area contributed by atoms with Crippen molar-refractivity contribution in [3.63, 3.8) is 0 Å². The Kier molecular flexibility index (Phi) is 6.46. The third-order valence-corrected chi connectivity index (χ3v) is 6.74. The molecule has 1 aromatic heterocycles. The van der Waals surface area contributed by atoms with Crippen molar-refractivity contribution in [2.24, 2.45) is 5.10 Å². The molecule has 1 atom stereocenters. The number of nitrogens with zero attached hydrogens (tertiary/aromatic N) is 4. The maximum atomic E-state index is 13.1. The molecule has 36 heavy (non-hydrogen) atoms. The Morgan fingerprint density at radius 1 is 0.861 bits per heavy atom. The minimum atomic E-state index is -3.94. The van der Waals surface area contributed by atoms with E-state index in [1.807, 2.05) is 91.9 Å². The Morgan fingerprint density at radius 3 is 2.22 bits per heavy atom. The number of hydrazone groups is 1. The van der Waals surface area contributed by atoms with Crippen LogP contribution in [-0.2, 0) is 10.0 Å². The third kappa shape index (κ3) is 4.96. The van der Waals surface area contributed by atoms with Crippen molar-refractivity contribution in [3.8, 4) is 5.75 Å². The fourth-order valence-electron chi connectivity index (χ4n) is 3.66. The van der Waals surface area contributed by atoms with E-state index in [4.69, 9.17) is 4.74 Å². The van der Waals surface area contributed by atoms with E-state index in [0.29, 0.717) is 28.1 Å². The van der Waals surface area contributed by atoms with Gasteiger partial charge in [-0.1, -0.05) is 83.6 Å². The molecule has 0 bridgehead atoms. The van der Waals surface area contributed by atoms with E-state index >= 15 is 0 Å². The monoisotopic (exact) mass is 497 g/mol. The van der Waals surface area contributed by atoms with E-state index < -0.39 is 16.3 Å². The van der Waals surface area contributed by atoms with Crippen LogP contribution in [0, 0.1) is 6.92 Å². The summed E-state index contributed by atoms with van der Waals surface area (Å²) in [4.78, 5) is 2.50. The fraction of sp³-hybridized carbons (Fsp3) is 0.0741. The number of sulfonamides is 1. The summed E-state index contributed by atoms with van der Waals surface area (Å²) in [5.41, 5.74) is 3.31. The van der Waals surface area contributed by atoms with Gasteiger partial charge in [-0.05, 0) is 43.3 Å². The molecule has 0 amide bonds. The van der Waals surface area contributed by atoms with Crippen LogP contribution < -0.4 is 9.57 Å². The van der Waals surface area contributed by atoms with E-state index in [2.05, 4.69) is 20.2 Å². The zero-order valence-electron chi connectivity index (χ0n) is 19.4. The van der Waals surface area contributed by atoms with Gasteiger partial charge in [-0.15, -0.1) is 5.10 Å². The number of fused-ring (bicyclic) bond motifs is 1. The summed E-state index contributed by atoms with van der Waals surface area (Å²) in [5, 5.41) is 13.0. The topological polar surface area (TPSA) is 98.5 Å². The van der Waals surface area contributed by atoms with Gasteiger partial charge in [-0.2, -0.15) is 23.0 Å². The predicted octanol–water partition coefficient (Wildman–Crippen LogP) is 4.70. The van der Waals surface area contributed by atoms with Gasteiger partial charge in [0.15, 0.2) is 0 Å². The summed E-state index contributed by atoms with van der Waals surface area (Å²) in [6, 6.07) is 32.5. The largest absolute Gasteiger partial charge is 0.463 e. The van der Waals surface area contributed by atoms with Crippen molar-refractivity contribution in [2.45, 2.75) is 18.0 Å². The number of rotatable bonds is 8. The summed E-state index contributed by atoms with van der Waals surface area (Å²) < 4.78 is 34.1. The van der Waals surface area contributed by atoms with Crippen molar-refractivity contribution in [1.29, 1.82) is 0 Å². The van der Waals surface area contributed by atoms with Crippen molar-refractivity contribution in [2.75, 3.05) is 0 Å². The van der Waals surface area contributed by atoms with E-state index in [9.17, 15) is 8.42 Å². The summed E-state index contributed by atoms with van der Waals surface area (Å²) >= 11 is 0. The van der Waals surface area contributed by atoms with Gasteiger partial charge in [-0.3, -0.25) is 0 Å². The molecular weight excluding hydrogens is 474 g/mol. The highest BCUT2D eigenvalue weighted by atomic mass is 32.2. The summed E-state index contributed by atoms with van der Waals surface area (Å²) in [6.07, 6.45) is -0.928. The molecular formula is C27H23N5O3S. The highest BCUT2D eigenvalue weighted by molar-refractivity contribution is 7.89. The molecule has 0 radical (unpaired) electrons. The maximum Gasteiger partial charge on any atom is 0.276 e. The molecule has 180 valence electrons. The smallest absolute Gasteiger partial charge is 0.276 e.